The van der Waals surface area contributed by atoms with Crippen LogP contribution in [0.3, 0.4) is 0 Å². The van der Waals surface area contributed by atoms with E-state index in [9.17, 15) is 9.90 Å². The summed E-state index contributed by atoms with van der Waals surface area (Å²) in [4.78, 5) is 14.1. The molecule has 2 heterocycles. The van der Waals surface area contributed by atoms with Gasteiger partial charge in [-0.3, -0.25) is 4.79 Å². The zero-order valence-electron chi connectivity index (χ0n) is 19.7. The van der Waals surface area contributed by atoms with Crippen LogP contribution in [-0.4, -0.2) is 41.3 Å². The second-order valence-electron chi connectivity index (χ2n) is 12.2. The summed E-state index contributed by atoms with van der Waals surface area (Å²) in [6.07, 6.45) is 9.38. The van der Waals surface area contributed by atoms with Gasteiger partial charge in [-0.25, -0.2) is 0 Å². The molecule has 0 aromatic carbocycles. The highest BCUT2D eigenvalue weighted by atomic mass is 16.5. The summed E-state index contributed by atoms with van der Waals surface area (Å²) in [6, 6.07) is 0.535. The lowest BCUT2D eigenvalue weighted by Crippen LogP contribution is -2.96. The second-order valence-corrected chi connectivity index (χ2v) is 12.2. The van der Waals surface area contributed by atoms with Crippen molar-refractivity contribution in [3.63, 3.8) is 0 Å². The molecule has 0 bridgehead atoms. The monoisotopic (exact) mass is 426 g/mol. The fourth-order valence-electron chi connectivity index (χ4n) is 9.07. The number of ether oxygens (including phenoxy) is 1. The Balaban J connectivity index is 1.39. The number of piperidine rings is 1. The van der Waals surface area contributed by atoms with E-state index in [0.717, 1.165) is 50.5 Å². The summed E-state index contributed by atoms with van der Waals surface area (Å²) in [5, 5.41) is 12.8. The second kappa shape index (κ2) is 6.77. The van der Waals surface area contributed by atoms with Crippen molar-refractivity contribution in [2.75, 3.05) is 6.54 Å². The Hall–Kier alpha value is -0.970. The first-order valence-corrected chi connectivity index (χ1v) is 12.9. The molecule has 2 saturated carbocycles. The first-order chi connectivity index (χ1) is 14.8. The molecule has 4 fully saturated rings. The van der Waals surface area contributed by atoms with Gasteiger partial charge in [0.25, 0.3) is 0 Å². The van der Waals surface area contributed by atoms with Crippen molar-refractivity contribution in [1.29, 1.82) is 0 Å². The highest BCUT2D eigenvalue weighted by Gasteiger charge is 2.64. The van der Waals surface area contributed by atoms with Crippen molar-refractivity contribution >= 4 is 5.78 Å². The third-order valence-corrected chi connectivity index (χ3v) is 10.8. The molecule has 3 N–H and O–H groups in total. The van der Waals surface area contributed by atoms with Gasteiger partial charge in [0.1, 0.15) is 12.1 Å². The molecule has 0 amide bonds. The lowest BCUT2D eigenvalue weighted by atomic mass is 9.56. The van der Waals surface area contributed by atoms with E-state index in [4.69, 9.17) is 4.74 Å². The summed E-state index contributed by atoms with van der Waals surface area (Å²) >= 11 is 0. The van der Waals surface area contributed by atoms with Gasteiger partial charge in [0, 0.05) is 23.3 Å². The quantitative estimate of drug-likeness (QED) is 0.585. The van der Waals surface area contributed by atoms with Crippen molar-refractivity contribution in [3.8, 4) is 0 Å². The van der Waals surface area contributed by atoms with Crippen molar-refractivity contribution in [1.82, 2.24) is 0 Å². The van der Waals surface area contributed by atoms with Crippen LogP contribution >= 0.6 is 0 Å². The Bertz CT molecular complexity index is 876. The minimum absolute atomic E-state index is 0.0592. The number of fused-ring (bicyclic) bond motifs is 6. The number of rotatable bonds is 0. The number of ketones is 1. The van der Waals surface area contributed by atoms with Crippen LogP contribution in [0.15, 0.2) is 22.8 Å². The molecule has 6 rings (SSSR count). The highest BCUT2D eigenvalue weighted by Crippen LogP contribution is 2.63. The van der Waals surface area contributed by atoms with E-state index >= 15 is 0 Å². The summed E-state index contributed by atoms with van der Waals surface area (Å²) in [7, 11) is 0. The molecule has 31 heavy (non-hydrogen) atoms. The number of carbonyl (C=O) groups is 1. The smallest absolute Gasteiger partial charge is 0.163 e. The molecule has 2 aliphatic heterocycles. The molecule has 4 heteroatoms. The minimum Gasteiger partial charge on any atom is -0.393 e. The average Bonchev–Trinajstić information content (AvgIpc) is 3.18. The van der Waals surface area contributed by atoms with E-state index in [2.05, 4.69) is 39.1 Å². The summed E-state index contributed by atoms with van der Waals surface area (Å²) in [5.41, 5.74) is 3.50. The number of allylic oxidation sites excluding steroid dienone is 2. The van der Waals surface area contributed by atoms with Gasteiger partial charge in [0.2, 0.25) is 0 Å². The lowest BCUT2D eigenvalue weighted by Gasteiger charge is -2.48. The average molecular weight is 427 g/mol. The number of hydrogen-bond donors (Lipinski definition) is 2. The fourth-order valence-corrected chi connectivity index (χ4v) is 9.07. The Kier molecular flexibility index (Phi) is 4.51. The third kappa shape index (κ3) is 2.62. The van der Waals surface area contributed by atoms with E-state index in [1.54, 1.807) is 0 Å². The summed E-state index contributed by atoms with van der Waals surface area (Å²) in [6.45, 7) is 10.5. The van der Waals surface area contributed by atoms with Crippen LogP contribution in [0.5, 0.6) is 0 Å². The van der Waals surface area contributed by atoms with Gasteiger partial charge in [-0.2, -0.15) is 0 Å². The normalized spacial score (nSPS) is 53.7. The number of quaternary nitrogens is 1. The Morgan fingerprint density at radius 2 is 2.03 bits per heavy atom. The van der Waals surface area contributed by atoms with E-state index in [-0.39, 0.29) is 23.0 Å². The van der Waals surface area contributed by atoms with E-state index in [1.807, 2.05) is 0 Å². The number of carbonyl (C=O) groups excluding carboxylic acids is 1. The van der Waals surface area contributed by atoms with Crippen molar-refractivity contribution in [2.24, 2.45) is 35.0 Å². The van der Waals surface area contributed by atoms with Crippen LogP contribution in [0.1, 0.15) is 72.6 Å². The molecule has 2 saturated heterocycles. The lowest BCUT2D eigenvalue weighted by molar-refractivity contribution is -0.710. The number of hydrogen-bond acceptors (Lipinski definition) is 3. The maximum absolute atomic E-state index is 14.1. The van der Waals surface area contributed by atoms with Gasteiger partial charge >= 0.3 is 0 Å². The van der Waals surface area contributed by atoms with Crippen molar-refractivity contribution in [2.45, 2.75) is 96.5 Å². The Morgan fingerprint density at radius 3 is 2.84 bits per heavy atom. The predicted molar refractivity (Wildman–Crippen MR) is 119 cm³/mol. The zero-order valence-corrected chi connectivity index (χ0v) is 19.7. The largest absolute Gasteiger partial charge is 0.393 e. The molecule has 1 spiro atoms. The van der Waals surface area contributed by atoms with E-state index < -0.39 is 0 Å². The molecule has 6 aliphatic rings. The number of Topliss-reactive ketones (excluding diaryl/α,β-unsaturated/α-hetero) is 1. The molecule has 0 radical (unpaired) electrons. The third-order valence-electron chi connectivity index (χ3n) is 10.8. The molecule has 4 aliphatic carbocycles. The van der Waals surface area contributed by atoms with Crippen LogP contribution in [-0.2, 0) is 9.53 Å². The van der Waals surface area contributed by atoms with Gasteiger partial charge in [0.05, 0.1) is 18.2 Å². The van der Waals surface area contributed by atoms with Crippen LogP contribution in [0.2, 0.25) is 0 Å². The van der Waals surface area contributed by atoms with Crippen LogP contribution in [0, 0.1) is 35.0 Å². The molecule has 0 unspecified atom stereocenters. The van der Waals surface area contributed by atoms with Crippen molar-refractivity contribution in [3.05, 3.63) is 22.8 Å². The van der Waals surface area contributed by atoms with Gasteiger partial charge in [-0.15, -0.1) is 0 Å². The van der Waals surface area contributed by atoms with E-state index in [0.29, 0.717) is 41.6 Å². The van der Waals surface area contributed by atoms with E-state index in [1.165, 1.54) is 17.7 Å². The summed E-state index contributed by atoms with van der Waals surface area (Å²) < 4.78 is 6.96. The Morgan fingerprint density at radius 1 is 1.23 bits per heavy atom. The van der Waals surface area contributed by atoms with Crippen LogP contribution in [0.4, 0.5) is 0 Å². The standard InChI is InChI=1S/C27H39NO3/c1-14-11-21-24(28-13-14)16(3)27(31-21)10-8-19-20-6-5-17-12-18(29)7-9-26(17,4)23(20)25(30)22(19)15(27)2/h5,14,16,18-21,23-24,28-29H,6-13H2,1-4H3/p+1/t14-,16+,18-,19-,20+,21+,23+,24-,26+,27-/m1/s1. The SMILES string of the molecule is CC1=C2C(=O)[C@@H]3[C@@H](CC=C4C[C@H](O)CC[C@@]43C)[C@H]2CC[C@@]12O[C@H]1C[C@@H](C)C[NH2+][C@@H]1[C@@H]2C. The van der Waals surface area contributed by atoms with Crippen LogP contribution < -0.4 is 5.32 Å². The topological polar surface area (TPSA) is 63.1 Å². The molecule has 0 aromatic rings. The van der Waals surface area contributed by atoms with Crippen LogP contribution in [0.25, 0.3) is 0 Å². The fraction of sp³-hybridized carbons (Fsp3) is 0.815. The first-order valence-electron chi connectivity index (χ1n) is 12.9. The molecule has 170 valence electrons. The number of aliphatic hydroxyl groups excluding tert-OH is 1. The number of aliphatic hydroxyl groups is 1. The van der Waals surface area contributed by atoms with Gasteiger partial charge < -0.3 is 15.2 Å². The predicted octanol–water partition coefficient (Wildman–Crippen LogP) is 3.15. The van der Waals surface area contributed by atoms with Gasteiger partial charge in [-0.1, -0.05) is 32.4 Å². The number of nitrogens with two attached hydrogens (primary N) is 1. The highest BCUT2D eigenvalue weighted by molar-refractivity contribution is 6.02. The molecular weight excluding hydrogens is 386 g/mol. The molecule has 0 aromatic heterocycles. The Labute approximate surface area is 186 Å². The summed E-state index contributed by atoms with van der Waals surface area (Å²) in [5.74, 6) is 2.56. The molecular formula is C27H40NO3+. The molecule has 10 atom stereocenters. The zero-order chi connectivity index (χ0) is 21.7. The first kappa shape index (κ1) is 20.6. The van der Waals surface area contributed by atoms with Gasteiger partial charge in [0.15, 0.2) is 5.78 Å². The minimum atomic E-state index is -0.231. The maximum Gasteiger partial charge on any atom is 0.163 e. The van der Waals surface area contributed by atoms with Gasteiger partial charge in [-0.05, 0) is 74.7 Å². The van der Waals surface area contributed by atoms with Crippen molar-refractivity contribution < 1.29 is 20.0 Å². The maximum atomic E-state index is 14.1. The molecule has 4 nitrogen and oxygen atoms in total.